The van der Waals surface area contributed by atoms with Crippen LogP contribution in [0.5, 0.6) is 0 Å². The normalized spacial score (nSPS) is 13.4. The smallest absolute Gasteiger partial charge is 0.323 e. The lowest BCUT2D eigenvalue weighted by Crippen LogP contribution is -2.20. The van der Waals surface area contributed by atoms with E-state index in [0.717, 1.165) is 40.7 Å². The van der Waals surface area contributed by atoms with Gasteiger partial charge in [0, 0.05) is 24.3 Å². The van der Waals surface area contributed by atoms with Crippen LogP contribution in [-0.2, 0) is 7.05 Å². The molecule has 0 saturated heterocycles. The minimum absolute atomic E-state index is 0.121. The molecule has 1 fully saturated rings. The molecule has 1 saturated carbocycles. The van der Waals surface area contributed by atoms with Gasteiger partial charge < -0.3 is 16.4 Å². The molecule has 0 radical (unpaired) electrons. The number of nitrogen functional groups attached to an aromatic ring is 1. The Morgan fingerprint density at radius 2 is 1.87 bits per heavy atom. The van der Waals surface area contributed by atoms with Gasteiger partial charge in [-0.25, -0.2) is 18.9 Å². The summed E-state index contributed by atoms with van der Waals surface area (Å²) in [4.78, 5) is 17.0. The van der Waals surface area contributed by atoms with Crippen LogP contribution in [0.1, 0.15) is 24.5 Å². The van der Waals surface area contributed by atoms with E-state index in [2.05, 4.69) is 21.8 Å². The molecule has 2 heterocycles. The number of fused-ring (bicyclic) bond motifs is 1. The average Bonchev–Trinajstić information content (AvgIpc) is 3.56. The Morgan fingerprint density at radius 3 is 2.58 bits per heavy atom. The number of nitrogens with one attached hydrogen (secondary N) is 2. The molecule has 2 amide bonds. The van der Waals surface area contributed by atoms with Crippen molar-refractivity contribution in [2.45, 2.75) is 18.8 Å². The highest BCUT2D eigenvalue weighted by molar-refractivity contribution is 6.02. The number of urea groups is 1. The van der Waals surface area contributed by atoms with Crippen LogP contribution in [0.15, 0.2) is 54.6 Å². The van der Waals surface area contributed by atoms with Crippen molar-refractivity contribution in [1.29, 1.82) is 0 Å². The number of pyridine rings is 1. The monoisotopic (exact) mass is 416 g/mol. The van der Waals surface area contributed by atoms with E-state index in [0.29, 0.717) is 17.4 Å². The van der Waals surface area contributed by atoms with Crippen LogP contribution in [0, 0.1) is 5.82 Å². The topological polar surface area (TPSA) is 97.9 Å². The molecule has 1 aliphatic carbocycles. The number of carbonyl (C=O) groups is 1. The molecular weight excluding hydrogens is 395 g/mol. The molecule has 0 aliphatic heterocycles. The zero-order valence-electron chi connectivity index (χ0n) is 16.9. The van der Waals surface area contributed by atoms with E-state index in [1.807, 2.05) is 19.2 Å². The molecule has 0 spiro atoms. The van der Waals surface area contributed by atoms with Gasteiger partial charge in [-0.05, 0) is 54.3 Å². The van der Waals surface area contributed by atoms with Gasteiger partial charge in [-0.3, -0.25) is 0 Å². The van der Waals surface area contributed by atoms with E-state index < -0.39 is 11.8 Å². The Morgan fingerprint density at radius 1 is 1.13 bits per heavy atom. The summed E-state index contributed by atoms with van der Waals surface area (Å²) < 4.78 is 15.4. The molecule has 4 N–H and O–H groups in total. The van der Waals surface area contributed by atoms with Gasteiger partial charge in [-0.1, -0.05) is 24.3 Å². The van der Waals surface area contributed by atoms with Crippen LogP contribution < -0.4 is 16.4 Å². The van der Waals surface area contributed by atoms with E-state index in [-0.39, 0.29) is 5.69 Å². The van der Waals surface area contributed by atoms with Gasteiger partial charge in [0.1, 0.15) is 5.82 Å². The maximum Gasteiger partial charge on any atom is 0.323 e. The first-order valence-electron chi connectivity index (χ1n) is 10.1. The predicted octanol–water partition coefficient (Wildman–Crippen LogP) is 4.88. The summed E-state index contributed by atoms with van der Waals surface area (Å²) in [5.41, 5.74) is 10.6. The van der Waals surface area contributed by atoms with Crippen LogP contribution in [0.4, 0.5) is 26.4 Å². The third-order valence-corrected chi connectivity index (χ3v) is 5.41. The maximum absolute atomic E-state index is 13.7. The zero-order valence-corrected chi connectivity index (χ0v) is 16.9. The Balaban J connectivity index is 1.42. The van der Waals surface area contributed by atoms with Crippen molar-refractivity contribution in [2.75, 3.05) is 16.4 Å². The van der Waals surface area contributed by atoms with Crippen molar-refractivity contribution >= 4 is 34.3 Å². The lowest BCUT2D eigenvalue weighted by molar-refractivity contribution is 0.262. The fourth-order valence-electron chi connectivity index (χ4n) is 3.69. The third-order valence-electron chi connectivity index (χ3n) is 5.41. The number of halogens is 1. The number of rotatable bonds is 4. The Bertz CT molecular complexity index is 1290. The summed E-state index contributed by atoms with van der Waals surface area (Å²) in [7, 11) is 1.84. The molecule has 8 heteroatoms. The van der Waals surface area contributed by atoms with Gasteiger partial charge in [0.05, 0.1) is 11.1 Å². The van der Waals surface area contributed by atoms with Crippen molar-refractivity contribution in [3.63, 3.8) is 0 Å². The van der Waals surface area contributed by atoms with Crippen LogP contribution in [0.25, 0.3) is 22.2 Å². The number of nitrogens with two attached hydrogens (primary N) is 1. The number of nitrogens with zero attached hydrogens (tertiary/aromatic N) is 3. The molecule has 31 heavy (non-hydrogen) atoms. The van der Waals surface area contributed by atoms with Crippen molar-refractivity contribution < 1.29 is 9.18 Å². The molecule has 0 atom stereocenters. The summed E-state index contributed by atoms with van der Waals surface area (Å²) in [6, 6.07) is 15.0. The number of benzene rings is 2. The highest BCUT2D eigenvalue weighted by atomic mass is 19.1. The van der Waals surface area contributed by atoms with E-state index >= 15 is 0 Å². The molecule has 4 aromatic rings. The summed E-state index contributed by atoms with van der Waals surface area (Å²) in [5.74, 6) is 0.436. The maximum atomic E-state index is 13.7. The average molecular weight is 416 g/mol. The molecule has 2 aromatic heterocycles. The first kappa shape index (κ1) is 19.0. The largest absolute Gasteiger partial charge is 0.382 e. The molecule has 5 rings (SSSR count). The number of hydrogen-bond acceptors (Lipinski definition) is 4. The van der Waals surface area contributed by atoms with Crippen molar-refractivity contribution in [3.8, 4) is 11.1 Å². The molecule has 2 aromatic carbocycles. The standard InChI is InChI=1S/C23H21FN6O/c1-30-22-20(21(25)29-30)16(12-19(27-22)14-6-7-14)13-8-10-15(11-9-13)26-23(31)28-18-5-3-2-4-17(18)24/h2-5,8-12,14H,6-7H2,1H3,(H2,25,29)(H2,26,28,31). The molecule has 0 bridgehead atoms. The number of anilines is 3. The first-order valence-corrected chi connectivity index (χ1v) is 10.1. The SMILES string of the molecule is Cn1nc(N)c2c(-c3ccc(NC(=O)Nc4ccccc4F)cc3)cc(C3CC3)nc21. The van der Waals surface area contributed by atoms with Crippen LogP contribution >= 0.6 is 0 Å². The van der Waals surface area contributed by atoms with E-state index in [1.165, 1.54) is 12.1 Å². The second kappa shape index (κ2) is 7.39. The minimum atomic E-state index is -0.517. The van der Waals surface area contributed by atoms with Crippen LogP contribution in [0.2, 0.25) is 0 Å². The lowest BCUT2D eigenvalue weighted by Gasteiger charge is -2.11. The first-order chi connectivity index (χ1) is 15.0. The van der Waals surface area contributed by atoms with Gasteiger partial charge in [-0.15, -0.1) is 0 Å². The Hall–Kier alpha value is -3.94. The minimum Gasteiger partial charge on any atom is -0.382 e. The van der Waals surface area contributed by atoms with E-state index in [9.17, 15) is 9.18 Å². The fraction of sp³-hybridized carbons (Fsp3) is 0.174. The molecule has 156 valence electrons. The molecule has 0 unspecified atom stereocenters. The van der Waals surface area contributed by atoms with Gasteiger partial charge in [0.25, 0.3) is 0 Å². The zero-order chi connectivity index (χ0) is 21.5. The number of aromatic nitrogens is 3. The third kappa shape index (κ3) is 3.68. The molecule has 7 nitrogen and oxygen atoms in total. The van der Waals surface area contributed by atoms with Gasteiger partial charge in [0.15, 0.2) is 11.5 Å². The summed E-state index contributed by atoms with van der Waals surface area (Å²) in [6.07, 6.45) is 2.29. The molecule has 1 aliphatic rings. The number of carbonyl (C=O) groups excluding carboxylic acids is 1. The lowest BCUT2D eigenvalue weighted by atomic mass is 10.0. The van der Waals surface area contributed by atoms with Crippen LogP contribution in [-0.4, -0.2) is 20.8 Å². The highest BCUT2D eigenvalue weighted by Gasteiger charge is 2.27. The summed E-state index contributed by atoms with van der Waals surface area (Å²) >= 11 is 0. The number of amides is 2. The summed E-state index contributed by atoms with van der Waals surface area (Å²) in [6.45, 7) is 0. The number of aryl methyl sites for hydroxylation is 1. The van der Waals surface area contributed by atoms with Crippen molar-refractivity contribution in [1.82, 2.24) is 14.8 Å². The number of para-hydroxylation sites is 1. The quantitative estimate of drug-likeness (QED) is 0.442. The fourth-order valence-corrected chi connectivity index (χ4v) is 3.69. The van der Waals surface area contributed by atoms with Gasteiger partial charge in [-0.2, -0.15) is 5.10 Å². The van der Waals surface area contributed by atoms with Crippen LogP contribution in [0.3, 0.4) is 0 Å². The van der Waals surface area contributed by atoms with E-state index in [1.54, 1.807) is 28.9 Å². The second-order valence-corrected chi connectivity index (χ2v) is 7.71. The molecular formula is C23H21FN6O. The van der Waals surface area contributed by atoms with Gasteiger partial charge >= 0.3 is 6.03 Å². The highest BCUT2D eigenvalue weighted by Crippen LogP contribution is 2.42. The van der Waals surface area contributed by atoms with E-state index in [4.69, 9.17) is 10.7 Å². The Kier molecular flexibility index (Phi) is 4.54. The van der Waals surface area contributed by atoms with Gasteiger partial charge in [0.2, 0.25) is 0 Å². The predicted molar refractivity (Wildman–Crippen MR) is 119 cm³/mol. The van der Waals surface area contributed by atoms with Crippen molar-refractivity contribution in [2.24, 2.45) is 7.05 Å². The Labute approximate surface area is 178 Å². The second-order valence-electron chi connectivity index (χ2n) is 7.71. The van der Waals surface area contributed by atoms with Crippen molar-refractivity contribution in [3.05, 3.63) is 66.1 Å². The summed E-state index contributed by atoms with van der Waals surface area (Å²) in [5, 5.41) is 10.4. The number of hydrogen-bond donors (Lipinski definition) is 3.